The highest BCUT2D eigenvalue weighted by Gasteiger charge is 2.50. The van der Waals surface area contributed by atoms with Crippen LogP contribution in [0.5, 0.6) is 0 Å². The molecular weight excluding hydrogens is 314 g/mol. The topological polar surface area (TPSA) is 43.4 Å². The highest BCUT2D eigenvalue weighted by molar-refractivity contribution is 5.97. The zero-order chi connectivity index (χ0) is 17.6. The van der Waals surface area contributed by atoms with Gasteiger partial charge >= 0.3 is 11.9 Å². The average Bonchev–Trinajstić information content (AvgIpc) is 2.61. The first-order valence-electron chi connectivity index (χ1n) is 7.65. The number of Topliss-reactive ketones (excluding diaryl/α,β-unsaturated/α-hetero) is 1. The number of rotatable bonds is 7. The molecule has 0 saturated heterocycles. The van der Waals surface area contributed by atoms with Crippen LogP contribution in [0.4, 0.5) is 8.78 Å². The second-order valence-corrected chi connectivity index (χ2v) is 5.30. The summed E-state index contributed by atoms with van der Waals surface area (Å²) in [5, 5.41) is 0. The van der Waals surface area contributed by atoms with E-state index in [0.717, 1.165) is 0 Å². The highest BCUT2D eigenvalue weighted by Crippen LogP contribution is 2.38. The van der Waals surface area contributed by atoms with Crippen molar-refractivity contribution in [3.05, 3.63) is 71.8 Å². The van der Waals surface area contributed by atoms with Crippen molar-refractivity contribution in [3.63, 3.8) is 0 Å². The molecule has 0 aromatic heterocycles. The monoisotopic (exact) mass is 332 g/mol. The summed E-state index contributed by atoms with van der Waals surface area (Å²) in [7, 11) is 0. The van der Waals surface area contributed by atoms with Crippen LogP contribution in [0.1, 0.15) is 35.2 Å². The van der Waals surface area contributed by atoms with Crippen LogP contribution in [-0.2, 0) is 9.53 Å². The van der Waals surface area contributed by atoms with Gasteiger partial charge in [-0.2, -0.15) is 8.78 Å². The molecule has 0 radical (unpaired) electrons. The van der Waals surface area contributed by atoms with Crippen LogP contribution in [0.2, 0.25) is 0 Å². The van der Waals surface area contributed by atoms with Crippen LogP contribution in [0.3, 0.4) is 0 Å². The molecule has 0 aliphatic heterocycles. The normalized spacial score (nSPS) is 12.5. The van der Waals surface area contributed by atoms with E-state index in [4.69, 9.17) is 0 Å². The molecular formula is C19H18F2O3. The summed E-state index contributed by atoms with van der Waals surface area (Å²) in [6.45, 7) is 1.31. The lowest BCUT2D eigenvalue weighted by Gasteiger charge is -2.25. The second kappa shape index (κ2) is 7.81. The molecule has 0 amide bonds. The Labute approximate surface area is 139 Å². The summed E-state index contributed by atoms with van der Waals surface area (Å²) >= 11 is 0. The number of ether oxygens (including phenoxy) is 1. The first kappa shape index (κ1) is 17.8. The molecule has 24 heavy (non-hydrogen) atoms. The van der Waals surface area contributed by atoms with Gasteiger partial charge in [-0.3, -0.25) is 4.79 Å². The van der Waals surface area contributed by atoms with E-state index in [1.807, 2.05) is 0 Å². The fourth-order valence-electron chi connectivity index (χ4n) is 2.44. The number of carbonyl (C=O) groups excluding carboxylic acids is 2. The molecule has 0 fully saturated rings. The number of hydrogen-bond donors (Lipinski definition) is 0. The van der Waals surface area contributed by atoms with Gasteiger partial charge in [-0.05, 0) is 12.5 Å². The standard InChI is InChI=1S/C19H18F2O3/c1-2-24-18(23)19(20,21)16(14-9-5-3-6-10-14)13-17(22)15-11-7-4-8-12-15/h3-12,16H,2,13H2,1H3. The van der Waals surface area contributed by atoms with Gasteiger partial charge in [-0.1, -0.05) is 60.7 Å². The van der Waals surface area contributed by atoms with Gasteiger partial charge in [0.05, 0.1) is 12.5 Å². The fraction of sp³-hybridized carbons (Fsp3) is 0.263. The molecule has 2 aromatic carbocycles. The Morgan fingerprint density at radius 1 is 1.00 bits per heavy atom. The first-order valence-corrected chi connectivity index (χ1v) is 7.65. The average molecular weight is 332 g/mol. The zero-order valence-electron chi connectivity index (χ0n) is 13.2. The number of halogens is 2. The van der Waals surface area contributed by atoms with Crippen LogP contribution >= 0.6 is 0 Å². The zero-order valence-corrected chi connectivity index (χ0v) is 13.2. The molecule has 0 spiro atoms. The molecule has 2 rings (SSSR count). The third-order valence-corrected chi connectivity index (χ3v) is 3.67. The molecule has 0 aliphatic rings. The Hall–Kier alpha value is -2.56. The summed E-state index contributed by atoms with van der Waals surface area (Å²) in [6.07, 6.45) is -0.486. The third-order valence-electron chi connectivity index (χ3n) is 3.67. The second-order valence-electron chi connectivity index (χ2n) is 5.30. The lowest BCUT2D eigenvalue weighted by Crippen LogP contribution is -2.38. The molecule has 5 heteroatoms. The minimum Gasteiger partial charge on any atom is -0.462 e. The fourth-order valence-corrected chi connectivity index (χ4v) is 2.44. The van der Waals surface area contributed by atoms with Crippen molar-refractivity contribution in [2.45, 2.75) is 25.2 Å². The van der Waals surface area contributed by atoms with E-state index in [9.17, 15) is 18.4 Å². The largest absolute Gasteiger partial charge is 0.462 e. The number of esters is 1. The molecule has 126 valence electrons. The molecule has 0 saturated carbocycles. The predicted octanol–water partition coefficient (Wildman–Crippen LogP) is 4.24. The Bertz CT molecular complexity index is 684. The maximum atomic E-state index is 14.6. The van der Waals surface area contributed by atoms with Crippen molar-refractivity contribution >= 4 is 11.8 Å². The summed E-state index contributed by atoms with van der Waals surface area (Å²) in [5.41, 5.74) is 0.554. The summed E-state index contributed by atoms with van der Waals surface area (Å²) in [6, 6.07) is 16.0. The Kier molecular flexibility index (Phi) is 5.79. The van der Waals surface area contributed by atoms with Crippen molar-refractivity contribution in [1.29, 1.82) is 0 Å². The Morgan fingerprint density at radius 2 is 1.54 bits per heavy atom. The van der Waals surface area contributed by atoms with E-state index in [1.165, 1.54) is 19.1 Å². The van der Waals surface area contributed by atoms with Gasteiger partial charge in [0, 0.05) is 12.0 Å². The summed E-state index contributed by atoms with van der Waals surface area (Å²) in [4.78, 5) is 24.1. The van der Waals surface area contributed by atoms with E-state index in [1.54, 1.807) is 48.5 Å². The minimum atomic E-state index is -3.79. The molecule has 0 bridgehead atoms. The Balaban J connectivity index is 2.34. The van der Waals surface area contributed by atoms with Gasteiger partial charge in [-0.25, -0.2) is 4.79 Å². The molecule has 0 N–H and O–H groups in total. The van der Waals surface area contributed by atoms with E-state index < -0.39 is 30.0 Å². The van der Waals surface area contributed by atoms with Gasteiger partial charge in [-0.15, -0.1) is 0 Å². The maximum absolute atomic E-state index is 14.6. The third kappa shape index (κ3) is 4.04. The minimum absolute atomic E-state index is 0.150. The SMILES string of the molecule is CCOC(=O)C(F)(F)C(CC(=O)c1ccccc1)c1ccccc1. The van der Waals surface area contributed by atoms with Gasteiger partial charge < -0.3 is 4.74 Å². The van der Waals surface area contributed by atoms with Crippen LogP contribution in [0.15, 0.2) is 60.7 Å². The van der Waals surface area contributed by atoms with Crippen molar-refractivity contribution < 1.29 is 23.1 Å². The van der Waals surface area contributed by atoms with Crippen LogP contribution in [0, 0.1) is 0 Å². The lowest BCUT2D eigenvalue weighted by molar-refractivity contribution is -0.174. The van der Waals surface area contributed by atoms with Gasteiger partial charge in [0.1, 0.15) is 0 Å². The lowest BCUT2D eigenvalue weighted by atomic mass is 9.86. The smallest absolute Gasteiger partial charge is 0.377 e. The molecule has 2 aromatic rings. The Morgan fingerprint density at radius 3 is 2.08 bits per heavy atom. The number of carbonyl (C=O) groups is 2. The van der Waals surface area contributed by atoms with Crippen molar-refractivity contribution in [2.75, 3.05) is 6.61 Å². The first-order chi connectivity index (χ1) is 11.5. The van der Waals surface area contributed by atoms with Crippen LogP contribution in [0.25, 0.3) is 0 Å². The molecule has 3 nitrogen and oxygen atoms in total. The predicted molar refractivity (Wildman–Crippen MR) is 86.2 cm³/mol. The number of ketones is 1. The molecule has 1 atom stereocenters. The number of benzene rings is 2. The quantitative estimate of drug-likeness (QED) is 0.562. The molecule has 0 heterocycles. The van der Waals surface area contributed by atoms with E-state index in [-0.39, 0.29) is 12.2 Å². The van der Waals surface area contributed by atoms with Crippen LogP contribution < -0.4 is 0 Å². The van der Waals surface area contributed by atoms with Crippen molar-refractivity contribution in [1.82, 2.24) is 0 Å². The molecule has 0 aliphatic carbocycles. The van der Waals surface area contributed by atoms with Crippen LogP contribution in [-0.4, -0.2) is 24.3 Å². The van der Waals surface area contributed by atoms with Gasteiger partial charge in [0.2, 0.25) is 0 Å². The van der Waals surface area contributed by atoms with Gasteiger partial charge in [0.25, 0.3) is 0 Å². The van der Waals surface area contributed by atoms with E-state index in [2.05, 4.69) is 4.74 Å². The van der Waals surface area contributed by atoms with E-state index >= 15 is 0 Å². The number of alkyl halides is 2. The van der Waals surface area contributed by atoms with E-state index in [0.29, 0.717) is 5.56 Å². The maximum Gasteiger partial charge on any atom is 0.377 e. The summed E-state index contributed by atoms with van der Waals surface area (Å²) in [5.74, 6) is -7.43. The highest BCUT2D eigenvalue weighted by atomic mass is 19.3. The van der Waals surface area contributed by atoms with Crippen molar-refractivity contribution in [3.8, 4) is 0 Å². The summed E-state index contributed by atoms with van der Waals surface area (Å²) < 4.78 is 33.7. The van der Waals surface area contributed by atoms with Gasteiger partial charge in [0.15, 0.2) is 5.78 Å². The number of hydrogen-bond acceptors (Lipinski definition) is 3. The molecule has 1 unspecified atom stereocenters. The van der Waals surface area contributed by atoms with Crippen molar-refractivity contribution in [2.24, 2.45) is 0 Å².